The van der Waals surface area contributed by atoms with Crippen LogP contribution in [-0.4, -0.2) is 42.9 Å². The van der Waals surface area contributed by atoms with Crippen molar-refractivity contribution in [3.05, 3.63) is 30.1 Å². The van der Waals surface area contributed by atoms with Gasteiger partial charge in [0.1, 0.15) is 17.9 Å². The molecule has 24 heavy (non-hydrogen) atoms. The van der Waals surface area contributed by atoms with Crippen molar-refractivity contribution in [3.63, 3.8) is 0 Å². The number of nitrogens with zero attached hydrogens (tertiary/aromatic N) is 2. The first-order chi connectivity index (χ1) is 11.5. The highest BCUT2D eigenvalue weighted by atomic mass is 19.1. The molecule has 0 atom stereocenters. The Kier molecular flexibility index (Phi) is 6.00. The van der Waals surface area contributed by atoms with E-state index in [2.05, 4.69) is 17.2 Å². The number of hydrogen-bond donors (Lipinski definition) is 2. The van der Waals surface area contributed by atoms with Crippen LogP contribution in [0.1, 0.15) is 13.3 Å². The number of anilines is 1. The third-order valence-corrected chi connectivity index (χ3v) is 3.28. The number of carbonyl (C=O) groups is 1. The molecule has 1 heterocycles. The number of amides is 1. The lowest BCUT2D eigenvalue weighted by atomic mass is 10.3. The van der Waals surface area contributed by atoms with Crippen LogP contribution in [0, 0.1) is 0 Å². The minimum absolute atomic E-state index is 0.0704. The second-order valence-electron chi connectivity index (χ2n) is 5.26. The molecule has 0 unspecified atom stereocenters. The molecule has 0 radical (unpaired) electrons. The van der Waals surface area contributed by atoms with Gasteiger partial charge in [-0.1, -0.05) is 6.92 Å². The third-order valence-electron chi connectivity index (χ3n) is 3.28. The SMILES string of the molecule is CCCN(C)c1nc2ccc(OCC(=CF)CNC(=O)O)cc2o1. The Bertz CT molecular complexity index is 729. The number of nitrogens with one attached hydrogen (secondary N) is 1. The van der Waals surface area contributed by atoms with Crippen molar-refractivity contribution in [3.8, 4) is 5.75 Å². The van der Waals surface area contributed by atoms with Crippen LogP contribution >= 0.6 is 0 Å². The zero-order valence-corrected chi connectivity index (χ0v) is 13.6. The minimum Gasteiger partial charge on any atom is -0.489 e. The van der Waals surface area contributed by atoms with Gasteiger partial charge in [-0.05, 0) is 18.6 Å². The van der Waals surface area contributed by atoms with Crippen molar-refractivity contribution in [1.82, 2.24) is 10.3 Å². The fourth-order valence-corrected chi connectivity index (χ4v) is 2.06. The van der Waals surface area contributed by atoms with Gasteiger partial charge in [0.25, 0.3) is 6.01 Å². The Morgan fingerprint density at radius 1 is 1.54 bits per heavy atom. The average Bonchev–Trinajstić information content (AvgIpc) is 2.98. The molecule has 130 valence electrons. The molecule has 1 amide bonds. The first-order valence-electron chi connectivity index (χ1n) is 7.53. The molecule has 2 aromatic rings. The van der Waals surface area contributed by atoms with Gasteiger partial charge in [-0.2, -0.15) is 4.98 Å². The molecular weight excluding hydrogens is 317 g/mol. The molecule has 0 spiro atoms. The summed E-state index contributed by atoms with van der Waals surface area (Å²) in [6, 6.07) is 5.66. The normalized spacial score (nSPS) is 11.5. The number of oxazole rings is 1. The maximum atomic E-state index is 12.7. The Hall–Kier alpha value is -2.77. The number of hydrogen-bond acceptors (Lipinski definition) is 5. The number of benzene rings is 1. The van der Waals surface area contributed by atoms with E-state index in [-0.39, 0.29) is 18.7 Å². The van der Waals surface area contributed by atoms with E-state index in [1.807, 2.05) is 11.9 Å². The van der Waals surface area contributed by atoms with Crippen molar-refractivity contribution in [2.75, 3.05) is 31.6 Å². The van der Waals surface area contributed by atoms with E-state index in [0.29, 0.717) is 29.2 Å². The summed E-state index contributed by atoms with van der Waals surface area (Å²) in [6.07, 6.45) is 0.0914. The number of halogens is 1. The lowest BCUT2D eigenvalue weighted by molar-refractivity contribution is 0.195. The number of fused-ring (bicyclic) bond motifs is 1. The maximum absolute atomic E-state index is 12.7. The highest BCUT2D eigenvalue weighted by molar-refractivity contribution is 5.76. The van der Waals surface area contributed by atoms with E-state index in [0.717, 1.165) is 13.0 Å². The van der Waals surface area contributed by atoms with Crippen LogP contribution in [0.4, 0.5) is 15.2 Å². The van der Waals surface area contributed by atoms with Crippen molar-refractivity contribution < 1.29 is 23.4 Å². The highest BCUT2D eigenvalue weighted by Crippen LogP contribution is 2.25. The Morgan fingerprint density at radius 2 is 2.33 bits per heavy atom. The van der Waals surface area contributed by atoms with Gasteiger partial charge in [0.05, 0.1) is 6.33 Å². The second-order valence-corrected chi connectivity index (χ2v) is 5.26. The fourth-order valence-electron chi connectivity index (χ4n) is 2.06. The van der Waals surface area contributed by atoms with E-state index in [1.165, 1.54) is 0 Å². The van der Waals surface area contributed by atoms with Crippen LogP contribution in [0.15, 0.2) is 34.5 Å². The number of rotatable bonds is 8. The minimum atomic E-state index is -1.22. The maximum Gasteiger partial charge on any atom is 0.404 e. The molecule has 0 fully saturated rings. The first-order valence-corrected chi connectivity index (χ1v) is 7.53. The summed E-state index contributed by atoms with van der Waals surface area (Å²) in [4.78, 5) is 16.7. The number of ether oxygens (including phenoxy) is 1. The Balaban J connectivity index is 2.03. The predicted octanol–water partition coefficient (Wildman–Crippen LogP) is 3.17. The van der Waals surface area contributed by atoms with Gasteiger partial charge >= 0.3 is 6.09 Å². The molecule has 1 aromatic heterocycles. The van der Waals surface area contributed by atoms with E-state index in [9.17, 15) is 9.18 Å². The molecule has 2 rings (SSSR count). The lowest BCUT2D eigenvalue weighted by Crippen LogP contribution is -2.25. The molecule has 0 aliphatic heterocycles. The van der Waals surface area contributed by atoms with Crippen molar-refractivity contribution >= 4 is 23.2 Å². The quantitative estimate of drug-likeness (QED) is 0.769. The molecule has 8 heteroatoms. The summed E-state index contributed by atoms with van der Waals surface area (Å²) in [5.74, 6) is 0.484. The topological polar surface area (TPSA) is 87.8 Å². The van der Waals surface area contributed by atoms with Crippen LogP contribution in [0.2, 0.25) is 0 Å². The number of carboxylic acid groups (broad SMARTS) is 1. The summed E-state index contributed by atoms with van der Waals surface area (Å²) < 4.78 is 23.9. The van der Waals surface area contributed by atoms with Crippen LogP contribution in [0.5, 0.6) is 5.75 Å². The van der Waals surface area contributed by atoms with E-state index in [4.69, 9.17) is 14.3 Å². The Labute approximate surface area is 138 Å². The third kappa shape index (κ3) is 4.61. The van der Waals surface area contributed by atoms with Gasteiger partial charge in [-0.25, -0.2) is 9.18 Å². The predicted molar refractivity (Wildman–Crippen MR) is 88.3 cm³/mol. The zero-order valence-electron chi connectivity index (χ0n) is 13.6. The molecule has 2 N–H and O–H groups in total. The van der Waals surface area contributed by atoms with Gasteiger partial charge in [-0.3, -0.25) is 0 Å². The van der Waals surface area contributed by atoms with E-state index >= 15 is 0 Å². The van der Waals surface area contributed by atoms with Gasteiger partial charge in [0.2, 0.25) is 0 Å². The molecule has 0 saturated carbocycles. The highest BCUT2D eigenvalue weighted by Gasteiger charge is 2.11. The summed E-state index contributed by atoms with van der Waals surface area (Å²) in [7, 11) is 1.90. The second kappa shape index (κ2) is 8.19. The lowest BCUT2D eigenvalue weighted by Gasteiger charge is -2.11. The molecule has 0 aliphatic rings. The van der Waals surface area contributed by atoms with Crippen LogP contribution < -0.4 is 15.0 Å². The van der Waals surface area contributed by atoms with Gasteiger partial charge in [0, 0.05) is 31.8 Å². The molecular formula is C16H20FN3O4. The van der Waals surface area contributed by atoms with Crippen LogP contribution in [0.25, 0.3) is 11.1 Å². The molecule has 7 nitrogen and oxygen atoms in total. The largest absolute Gasteiger partial charge is 0.489 e. The monoisotopic (exact) mass is 337 g/mol. The molecule has 0 aliphatic carbocycles. The summed E-state index contributed by atoms with van der Waals surface area (Å²) in [5, 5.41) is 10.6. The van der Waals surface area contributed by atoms with Crippen molar-refractivity contribution in [1.29, 1.82) is 0 Å². The summed E-state index contributed by atoms with van der Waals surface area (Å²) in [5.41, 5.74) is 1.45. The average molecular weight is 337 g/mol. The van der Waals surface area contributed by atoms with Crippen LogP contribution in [0.3, 0.4) is 0 Å². The molecule has 0 saturated heterocycles. The first kappa shape index (κ1) is 17.6. The van der Waals surface area contributed by atoms with Crippen LogP contribution in [-0.2, 0) is 0 Å². The zero-order chi connectivity index (χ0) is 17.5. The van der Waals surface area contributed by atoms with Gasteiger partial charge in [0.15, 0.2) is 5.58 Å². The standard InChI is InChI=1S/C16H20FN3O4/c1-3-6-20(2)15-19-13-5-4-12(7-14(13)24-15)23-10-11(8-17)9-18-16(21)22/h4-5,7-8,18H,3,6,9-10H2,1-2H3,(H,21,22). The van der Waals surface area contributed by atoms with Crippen molar-refractivity contribution in [2.45, 2.75) is 13.3 Å². The summed E-state index contributed by atoms with van der Waals surface area (Å²) in [6.45, 7) is 2.69. The van der Waals surface area contributed by atoms with Gasteiger partial charge in [-0.15, -0.1) is 0 Å². The summed E-state index contributed by atoms with van der Waals surface area (Å²) >= 11 is 0. The smallest absolute Gasteiger partial charge is 0.404 e. The van der Waals surface area contributed by atoms with E-state index < -0.39 is 6.09 Å². The molecule has 0 bridgehead atoms. The number of aromatic nitrogens is 1. The van der Waals surface area contributed by atoms with Crippen molar-refractivity contribution in [2.24, 2.45) is 0 Å². The fraction of sp³-hybridized carbons (Fsp3) is 0.375. The van der Waals surface area contributed by atoms with E-state index in [1.54, 1.807) is 18.2 Å². The molecule has 1 aromatic carbocycles. The van der Waals surface area contributed by atoms with Gasteiger partial charge < -0.3 is 24.5 Å². The Morgan fingerprint density at radius 3 is 3.00 bits per heavy atom.